The molecule has 1 saturated heterocycles. The van der Waals surface area contributed by atoms with Crippen LogP contribution in [0.1, 0.15) is 24.5 Å². The quantitative estimate of drug-likeness (QED) is 0.673. The highest BCUT2D eigenvalue weighted by molar-refractivity contribution is 8.18. The van der Waals surface area contributed by atoms with Gasteiger partial charge < -0.3 is 14.9 Å². The van der Waals surface area contributed by atoms with E-state index >= 15 is 0 Å². The molecule has 0 aromatic heterocycles. The molecule has 0 spiro atoms. The van der Waals surface area contributed by atoms with Gasteiger partial charge in [0.15, 0.2) is 11.3 Å². The van der Waals surface area contributed by atoms with E-state index in [1.807, 2.05) is 13.0 Å². The van der Waals surface area contributed by atoms with Gasteiger partial charge in [-0.25, -0.2) is 9.79 Å². The summed E-state index contributed by atoms with van der Waals surface area (Å²) in [5.74, 6) is -0.691. The molecule has 2 aromatic rings. The summed E-state index contributed by atoms with van der Waals surface area (Å²) in [6, 6.07) is 12.0. The van der Waals surface area contributed by atoms with Gasteiger partial charge >= 0.3 is 5.97 Å². The molecule has 7 nitrogen and oxygen atoms in total. The van der Waals surface area contributed by atoms with Crippen LogP contribution in [-0.2, 0) is 9.59 Å². The molecule has 30 heavy (non-hydrogen) atoms. The molecule has 1 unspecified atom stereocenters. The summed E-state index contributed by atoms with van der Waals surface area (Å²) in [4.78, 5) is 30.0. The van der Waals surface area contributed by atoms with Crippen molar-refractivity contribution in [2.24, 2.45) is 4.99 Å². The fraction of sp³-hybridized carbons (Fsp3) is 0.227. The summed E-state index contributed by atoms with van der Waals surface area (Å²) < 4.78 is 5.45. The predicted molar refractivity (Wildman–Crippen MR) is 117 cm³/mol. The Labute approximate surface area is 178 Å². The van der Waals surface area contributed by atoms with Gasteiger partial charge in [-0.2, -0.15) is 0 Å². The van der Waals surface area contributed by atoms with E-state index in [0.717, 1.165) is 11.1 Å². The minimum Gasteiger partial charge on any atom is -0.506 e. The zero-order chi connectivity index (χ0) is 21.8. The number of aliphatic carboxylic acids is 1. The third-order valence-electron chi connectivity index (χ3n) is 4.45. The molecule has 2 aromatic carbocycles. The van der Waals surface area contributed by atoms with Crippen molar-refractivity contribution < 1.29 is 24.5 Å². The summed E-state index contributed by atoms with van der Waals surface area (Å²) in [6.07, 6.45) is 1.20. The van der Waals surface area contributed by atoms with Crippen molar-refractivity contribution >= 4 is 40.6 Å². The largest absolute Gasteiger partial charge is 0.506 e. The number of carbonyl (C=O) groups is 2. The van der Waals surface area contributed by atoms with E-state index in [1.54, 1.807) is 56.4 Å². The van der Waals surface area contributed by atoms with Gasteiger partial charge in [0.25, 0.3) is 5.91 Å². The second kappa shape index (κ2) is 9.04. The van der Waals surface area contributed by atoms with Crippen molar-refractivity contribution in [1.29, 1.82) is 0 Å². The molecule has 1 atom stereocenters. The van der Waals surface area contributed by atoms with Gasteiger partial charge in [0.1, 0.15) is 17.2 Å². The first-order valence-corrected chi connectivity index (χ1v) is 10.2. The molecule has 0 radical (unpaired) electrons. The van der Waals surface area contributed by atoms with Crippen molar-refractivity contribution in [2.45, 2.75) is 26.4 Å². The zero-order valence-electron chi connectivity index (χ0n) is 16.8. The van der Waals surface area contributed by atoms with E-state index in [1.165, 1.54) is 16.7 Å². The number of thioether (sulfide) groups is 1. The molecule has 1 aliphatic rings. The van der Waals surface area contributed by atoms with Gasteiger partial charge in [-0.05, 0) is 66.6 Å². The van der Waals surface area contributed by atoms with Crippen LogP contribution in [-0.4, -0.2) is 45.3 Å². The lowest BCUT2D eigenvalue weighted by Crippen LogP contribution is -2.25. The Morgan fingerprint density at radius 2 is 1.97 bits per heavy atom. The highest BCUT2D eigenvalue weighted by Gasteiger charge is 2.30. The summed E-state index contributed by atoms with van der Waals surface area (Å²) in [7, 11) is 1.63. The third-order valence-corrected chi connectivity index (χ3v) is 5.51. The first kappa shape index (κ1) is 21.4. The highest BCUT2D eigenvalue weighted by atomic mass is 32.2. The van der Waals surface area contributed by atoms with Crippen molar-refractivity contribution in [3.8, 4) is 11.5 Å². The molecule has 1 aliphatic heterocycles. The number of carboxylic acid groups (broad SMARTS) is 1. The number of amides is 1. The standard InChI is InChI=1S/C22H22N2O5S/c1-4-18(21(27)28)29-15-8-6-14(7-9-15)12-19-20(26)24(3)22(30-19)23-16-10-5-13(2)11-17(16)25/h5-12,18,25H,4H2,1-3H3,(H,27,28)/b19-12-,23-22?. The molecule has 3 rings (SSSR count). The Morgan fingerprint density at radius 3 is 2.57 bits per heavy atom. The van der Waals surface area contributed by atoms with E-state index in [-0.39, 0.29) is 11.7 Å². The van der Waals surface area contributed by atoms with Crippen LogP contribution < -0.4 is 4.74 Å². The van der Waals surface area contributed by atoms with Crippen LogP contribution in [0.2, 0.25) is 0 Å². The molecule has 156 valence electrons. The fourth-order valence-corrected chi connectivity index (χ4v) is 3.73. The Kier molecular flexibility index (Phi) is 6.47. The number of phenolic OH excluding ortho intramolecular Hbond substituents is 1. The summed E-state index contributed by atoms with van der Waals surface area (Å²) in [6.45, 7) is 3.62. The monoisotopic (exact) mass is 426 g/mol. The first-order chi connectivity index (χ1) is 14.3. The Hall–Kier alpha value is -3.26. The third kappa shape index (κ3) is 4.83. The SMILES string of the molecule is CCC(Oc1ccc(/C=C2\SC(=Nc3ccc(C)cc3O)N(C)C2=O)cc1)C(=O)O. The van der Waals surface area contributed by atoms with E-state index in [0.29, 0.717) is 27.9 Å². The second-order valence-corrected chi connectivity index (χ2v) is 7.79. The van der Waals surface area contributed by atoms with Gasteiger partial charge in [-0.1, -0.05) is 25.1 Å². The normalized spacial score (nSPS) is 17.6. The first-order valence-electron chi connectivity index (χ1n) is 9.34. The van der Waals surface area contributed by atoms with Crippen LogP contribution in [0.4, 0.5) is 5.69 Å². The lowest BCUT2D eigenvalue weighted by molar-refractivity contribution is -0.145. The molecule has 0 saturated carbocycles. The van der Waals surface area contributed by atoms with Crippen LogP contribution >= 0.6 is 11.8 Å². The van der Waals surface area contributed by atoms with Crippen LogP contribution in [0.3, 0.4) is 0 Å². The average Bonchev–Trinajstić information content (AvgIpc) is 2.97. The number of rotatable bonds is 6. The van der Waals surface area contributed by atoms with Crippen molar-refractivity contribution in [1.82, 2.24) is 4.90 Å². The second-order valence-electron chi connectivity index (χ2n) is 6.78. The number of aliphatic imine (C=N–C) groups is 1. The zero-order valence-corrected chi connectivity index (χ0v) is 17.6. The average molecular weight is 426 g/mol. The van der Waals surface area contributed by atoms with Crippen LogP contribution in [0, 0.1) is 6.92 Å². The number of carboxylic acids is 1. The van der Waals surface area contributed by atoms with E-state index in [9.17, 15) is 14.7 Å². The van der Waals surface area contributed by atoms with Gasteiger partial charge in [0.05, 0.1) is 4.91 Å². The Bertz CT molecular complexity index is 1030. The minimum atomic E-state index is -1.01. The number of ether oxygens (including phenoxy) is 1. The maximum atomic E-state index is 12.6. The number of amidine groups is 1. The molecular weight excluding hydrogens is 404 g/mol. The maximum absolute atomic E-state index is 12.6. The summed E-state index contributed by atoms with van der Waals surface area (Å²) in [5.41, 5.74) is 2.09. The van der Waals surface area contributed by atoms with E-state index < -0.39 is 12.1 Å². The van der Waals surface area contributed by atoms with Crippen molar-refractivity contribution in [2.75, 3.05) is 7.05 Å². The Balaban J connectivity index is 1.78. The molecule has 1 fully saturated rings. The van der Waals surface area contributed by atoms with Gasteiger partial charge in [0, 0.05) is 7.05 Å². The van der Waals surface area contributed by atoms with Crippen LogP contribution in [0.15, 0.2) is 52.4 Å². The molecule has 0 aliphatic carbocycles. The summed E-state index contributed by atoms with van der Waals surface area (Å²) in [5, 5.41) is 19.6. The van der Waals surface area contributed by atoms with Crippen LogP contribution in [0.25, 0.3) is 6.08 Å². The lowest BCUT2D eigenvalue weighted by Gasteiger charge is -2.13. The number of nitrogens with zero attached hydrogens (tertiary/aromatic N) is 2. The molecule has 2 N–H and O–H groups in total. The molecule has 1 amide bonds. The molecular formula is C22H22N2O5S. The molecule has 1 heterocycles. The van der Waals surface area contributed by atoms with Crippen LogP contribution in [0.5, 0.6) is 11.5 Å². The summed E-state index contributed by atoms with van der Waals surface area (Å²) >= 11 is 1.22. The number of hydrogen-bond acceptors (Lipinski definition) is 6. The topological polar surface area (TPSA) is 99.4 Å². The molecule has 8 heteroatoms. The van der Waals surface area contributed by atoms with Crippen molar-refractivity contribution in [3.63, 3.8) is 0 Å². The number of hydrogen-bond donors (Lipinski definition) is 2. The molecule has 0 bridgehead atoms. The maximum Gasteiger partial charge on any atom is 0.344 e. The predicted octanol–water partition coefficient (Wildman–Crippen LogP) is 4.18. The number of benzene rings is 2. The van der Waals surface area contributed by atoms with Gasteiger partial charge in [0.2, 0.25) is 0 Å². The highest BCUT2D eigenvalue weighted by Crippen LogP contribution is 2.35. The number of phenols is 1. The van der Waals surface area contributed by atoms with Gasteiger partial charge in [-0.3, -0.25) is 9.69 Å². The van der Waals surface area contributed by atoms with E-state index in [4.69, 9.17) is 9.84 Å². The number of aromatic hydroxyl groups is 1. The smallest absolute Gasteiger partial charge is 0.344 e. The Morgan fingerprint density at radius 1 is 1.27 bits per heavy atom. The van der Waals surface area contributed by atoms with E-state index in [2.05, 4.69) is 4.99 Å². The number of likely N-dealkylation sites (N-methyl/N-ethyl adjacent to an activating group) is 1. The van der Waals surface area contributed by atoms with Gasteiger partial charge in [-0.15, -0.1) is 0 Å². The minimum absolute atomic E-state index is 0.0590. The number of aryl methyl sites for hydroxylation is 1. The lowest BCUT2D eigenvalue weighted by atomic mass is 10.2. The fourth-order valence-electron chi connectivity index (χ4n) is 2.75. The van der Waals surface area contributed by atoms with Crippen molar-refractivity contribution in [3.05, 3.63) is 58.5 Å². The number of carbonyl (C=O) groups excluding carboxylic acids is 1.